The minimum atomic E-state index is -0.314. The number of hydrogen-bond donors (Lipinski definition) is 1. The van der Waals surface area contributed by atoms with Crippen LogP contribution in [0.25, 0.3) is 0 Å². The highest BCUT2D eigenvalue weighted by atomic mass is 19.1. The van der Waals surface area contributed by atoms with Crippen LogP contribution in [0.4, 0.5) is 38.0 Å². The van der Waals surface area contributed by atoms with E-state index in [1.165, 1.54) is 12.1 Å². The summed E-state index contributed by atoms with van der Waals surface area (Å²) in [5.41, 5.74) is 2.64. The van der Waals surface area contributed by atoms with Crippen molar-refractivity contribution in [1.82, 2.24) is 19.8 Å². The minimum Gasteiger partial charge on any atom is -0.367 e. The number of amides is 3. The SMILES string of the molecule is C=CC(=O)N1CC[C@H](N2C(=O)N(c3ccccc3)Cc3cnc(Nc4ccc(N5CCN(C)CC5)c(F)c4)nc32)C1. The van der Waals surface area contributed by atoms with Gasteiger partial charge in [0.1, 0.15) is 11.6 Å². The molecule has 2 fully saturated rings. The van der Waals surface area contributed by atoms with Gasteiger partial charge in [-0.15, -0.1) is 0 Å². The highest BCUT2D eigenvalue weighted by Gasteiger charge is 2.40. The van der Waals surface area contributed by atoms with E-state index in [4.69, 9.17) is 4.98 Å². The number of para-hydroxylation sites is 1. The smallest absolute Gasteiger partial charge is 0.330 e. The van der Waals surface area contributed by atoms with Gasteiger partial charge in [0.2, 0.25) is 11.9 Å². The Morgan fingerprint density at radius 1 is 1.10 bits per heavy atom. The lowest BCUT2D eigenvalue weighted by atomic mass is 10.1. The zero-order chi connectivity index (χ0) is 28.5. The predicted octanol–water partition coefficient (Wildman–Crippen LogP) is 3.84. The number of nitrogens with zero attached hydrogens (tertiary/aromatic N) is 7. The van der Waals surface area contributed by atoms with Crippen LogP contribution < -0.4 is 20.0 Å². The normalized spacial score (nSPS) is 19.4. The molecule has 41 heavy (non-hydrogen) atoms. The highest BCUT2D eigenvalue weighted by Crippen LogP contribution is 2.35. The number of carbonyl (C=O) groups excluding carboxylic acids is 2. The average Bonchev–Trinajstić information content (AvgIpc) is 3.47. The molecule has 0 saturated carbocycles. The standard InChI is InChI=1S/C30H33FN8O2/c1-3-27(40)37-12-11-24(20-37)39-28-21(19-38(30(39)41)23-7-5-4-6-8-23)18-32-29(34-28)33-22-9-10-26(25(31)17-22)36-15-13-35(2)14-16-36/h3-10,17-18,24H,1,11-16,19-20H2,2H3,(H,32,33,34)/t24-/m0/s1. The molecule has 3 aliphatic heterocycles. The van der Waals surface area contributed by atoms with E-state index in [1.807, 2.05) is 36.4 Å². The summed E-state index contributed by atoms with van der Waals surface area (Å²) in [6.45, 7) is 8.13. The van der Waals surface area contributed by atoms with E-state index < -0.39 is 0 Å². The Kier molecular flexibility index (Phi) is 7.27. The summed E-state index contributed by atoms with van der Waals surface area (Å²) in [5.74, 6) is 0.278. The van der Waals surface area contributed by atoms with Crippen molar-refractivity contribution in [2.45, 2.75) is 19.0 Å². The number of piperazine rings is 1. The van der Waals surface area contributed by atoms with Crippen LogP contribution in [-0.2, 0) is 11.3 Å². The van der Waals surface area contributed by atoms with E-state index in [0.29, 0.717) is 43.2 Å². The molecule has 1 N–H and O–H groups in total. The third kappa shape index (κ3) is 5.32. The molecule has 0 spiro atoms. The quantitative estimate of drug-likeness (QED) is 0.462. The Hall–Kier alpha value is -4.51. The number of urea groups is 1. The number of nitrogens with one attached hydrogen (secondary N) is 1. The summed E-state index contributed by atoms with van der Waals surface area (Å²) in [6.07, 6.45) is 3.61. The van der Waals surface area contributed by atoms with Crippen LogP contribution in [-0.4, -0.2) is 84.1 Å². The Bertz CT molecular complexity index is 1460. The molecule has 3 aliphatic rings. The molecule has 2 aromatic carbocycles. The maximum atomic E-state index is 15.1. The minimum absolute atomic E-state index is 0.163. The number of rotatable bonds is 6. The first-order valence-corrected chi connectivity index (χ1v) is 13.8. The summed E-state index contributed by atoms with van der Waals surface area (Å²) in [5, 5.41) is 3.12. The summed E-state index contributed by atoms with van der Waals surface area (Å²) >= 11 is 0. The summed E-state index contributed by atoms with van der Waals surface area (Å²) < 4.78 is 15.1. The van der Waals surface area contributed by atoms with Crippen molar-refractivity contribution in [3.05, 3.63) is 78.8 Å². The van der Waals surface area contributed by atoms with Gasteiger partial charge in [-0.2, -0.15) is 4.98 Å². The van der Waals surface area contributed by atoms with E-state index >= 15 is 4.39 Å². The fourth-order valence-corrected chi connectivity index (χ4v) is 5.67. The summed E-state index contributed by atoms with van der Waals surface area (Å²) in [7, 11) is 2.07. The molecular weight excluding hydrogens is 523 g/mol. The average molecular weight is 557 g/mol. The summed E-state index contributed by atoms with van der Waals surface area (Å²) in [4.78, 5) is 44.8. The van der Waals surface area contributed by atoms with Crippen LogP contribution in [0.5, 0.6) is 0 Å². The third-order valence-electron chi connectivity index (χ3n) is 7.97. The lowest BCUT2D eigenvalue weighted by molar-refractivity contribution is -0.125. The Morgan fingerprint density at radius 3 is 2.61 bits per heavy atom. The number of fused-ring (bicyclic) bond motifs is 1. The molecule has 10 nitrogen and oxygen atoms in total. The van der Waals surface area contributed by atoms with Crippen LogP contribution in [0.1, 0.15) is 12.0 Å². The number of benzene rings is 2. The zero-order valence-electron chi connectivity index (χ0n) is 23.0. The van der Waals surface area contributed by atoms with Gasteiger partial charge in [-0.05, 0) is 49.9 Å². The van der Waals surface area contributed by atoms with Crippen molar-refractivity contribution >= 4 is 40.8 Å². The first kappa shape index (κ1) is 26.7. The molecule has 3 aromatic rings. The predicted molar refractivity (Wildman–Crippen MR) is 157 cm³/mol. The van der Waals surface area contributed by atoms with Gasteiger partial charge in [0, 0.05) is 62.4 Å². The van der Waals surface area contributed by atoms with Crippen LogP contribution in [0.2, 0.25) is 0 Å². The molecule has 0 unspecified atom stereocenters. The van der Waals surface area contributed by atoms with E-state index in [-0.39, 0.29) is 29.7 Å². The van der Waals surface area contributed by atoms with E-state index in [0.717, 1.165) is 37.4 Å². The molecule has 6 rings (SSSR count). The second-order valence-corrected chi connectivity index (χ2v) is 10.6. The van der Waals surface area contributed by atoms with Gasteiger partial charge >= 0.3 is 6.03 Å². The number of hydrogen-bond acceptors (Lipinski definition) is 7. The van der Waals surface area contributed by atoms with Crippen LogP contribution in [0.15, 0.2) is 67.4 Å². The van der Waals surface area contributed by atoms with Crippen molar-refractivity contribution in [1.29, 1.82) is 0 Å². The molecule has 3 amide bonds. The van der Waals surface area contributed by atoms with Gasteiger partial charge in [-0.1, -0.05) is 24.8 Å². The Morgan fingerprint density at radius 2 is 1.88 bits per heavy atom. The number of likely N-dealkylation sites (N-methyl/N-ethyl adjacent to an activating group) is 1. The fourth-order valence-electron chi connectivity index (χ4n) is 5.67. The molecule has 2 saturated heterocycles. The molecule has 212 valence electrons. The van der Waals surface area contributed by atoms with Crippen LogP contribution >= 0.6 is 0 Å². The van der Waals surface area contributed by atoms with Gasteiger partial charge < -0.3 is 20.0 Å². The third-order valence-corrected chi connectivity index (χ3v) is 7.97. The van der Waals surface area contributed by atoms with Crippen LogP contribution in [0.3, 0.4) is 0 Å². The summed E-state index contributed by atoms with van der Waals surface area (Å²) in [6, 6.07) is 14.0. The first-order valence-electron chi connectivity index (χ1n) is 13.8. The molecule has 11 heteroatoms. The van der Waals surface area contributed by atoms with Crippen molar-refractivity contribution < 1.29 is 14.0 Å². The second-order valence-electron chi connectivity index (χ2n) is 10.6. The fraction of sp³-hybridized carbons (Fsp3) is 0.333. The van der Waals surface area contributed by atoms with Crippen molar-refractivity contribution in [3.8, 4) is 0 Å². The molecular formula is C30H33FN8O2. The van der Waals surface area contributed by atoms with E-state index in [2.05, 4.69) is 33.7 Å². The largest absolute Gasteiger partial charge is 0.367 e. The maximum Gasteiger partial charge on any atom is 0.330 e. The van der Waals surface area contributed by atoms with Gasteiger partial charge in [-0.3, -0.25) is 14.6 Å². The maximum absolute atomic E-state index is 15.1. The number of anilines is 5. The molecule has 0 bridgehead atoms. The number of halogens is 1. The van der Waals surface area contributed by atoms with E-state index in [1.54, 1.807) is 27.0 Å². The van der Waals surface area contributed by atoms with Crippen molar-refractivity contribution in [2.24, 2.45) is 0 Å². The highest BCUT2D eigenvalue weighted by molar-refractivity contribution is 6.06. The van der Waals surface area contributed by atoms with Crippen LogP contribution in [0, 0.1) is 5.82 Å². The first-order chi connectivity index (χ1) is 19.9. The van der Waals surface area contributed by atoms with Gasteiger partial charge in [0.15, 0.2) is 0 Å². The molecule has 0 radical (unpaired) electrons. The lowest BCUT2D eigenvalue weighted by Crippen LogP contribution is -2.53. The molecule has 4 heterocycles. The Labute approximate surface area is 238 Å². The van der Waals surface area contributed by atoms with Gasteiger partial charge in [0.05, 0.1) is 18.3 Å². The molecule has 0 aliphatic carbocycles. The zero-order valence-corrected chi connectivity index (χ0v) is 23.0. The van der Waals surface area contributed by atoms with Gasteiger partial charge in [0.25, 0.3) is 0 Å². The monoisotopic (exact) mass is 556 g/mol. The topological polar surface area (TPSA) is 88.1 Å². The Balaban J connectivity index is 1.28. The number of carbonyl (C=O) groups is 2. The molecule has 1 aromatic heterocycles. The second kappa shape index (κ2) is 11.2. The molecule has 1 atom stereocenters. The number of aromatic nitrogens is 2. The van der Waals surface area contributed by atoms with E-state index in [9.17, 15) is 9.59 Å². The lowest BCUT2D eigenvalue weighted by Gasteiger charge is -2.39. The number of likely N-dealkylation sites (tertiary alicyclic amines) is 1. The van der Waals surface area contributed by atoms with Crippen molar-refractivity contribution in [2.75, 3.05) is 66.3 Å². The van der Waals surface area contributed by atoms with Crippen molar-refractivity contribution in [3.63, 3.8) is 0 Å². The van der Waals surface area contributed by atoms with Gasteiger partial charge in [-0.25, -0.2) is 14.2 Å².